The molecular formula is C34H31ClN4O3S. The van der Waals surface area contributed by atoms with Crippen molar-refractivity contribution in [2.45, 2.75) is 26.4 Å². The van der Waals surface area contributed by atoms with Gasteiger partial charge in [0.25, 0.3) is 5.56 Å². The number of thiazole rings is 1. The minimum absolute atomic E-state index is 0.206. The summed E-state index contributed by atoms with van der Waals surface area (Å²) in [7, 11) is 3.94. The van der Waals surface area contributed by atoms with Crippen molar-refractivity contribution in [3.05, 3.63) is 132 Å². The van der Waals surface area contributed by atoms with Crippen LogP contribution in [0.3, 0.4) is 0 Å². The van der Waals surface area contributed by atoms with Gasteiger partial charge in [-0.1, -0.05) is 71.5 Å². The van der Waals surface area contributed by atoms with Crippen molar-refractivity contribution in [2.24, 2.45) is 4.99 Å². The van der Waals surface area contributed by atoms with E-state index in [9.17, 15) is 9.59 Å². The summed E-state index contributed by atoms with van der Waals surface area (Å²) in [6.07, 6.45) is 3.98. The Balaban J connectivity index is 1.51. The minimum atomic E-state index is -0.657. The number of hydrogen-bond acceptors (Lipinski definition) is 6. The first-order valence-corrected chi connectivity index (χ1v) is 15.2. The Labute approximate surface area is 258 Å². The van der Waals surface area contributed by atoms with E-state index >= 15 is 0 Å². The van der Waals surface area contributed by atoms with Crippen LogP contribution in [0, 0.1) is 0 Å². The lowest BCUT2D eigenvalue weighted by Gasteiger charge is -2.25. The van der Waals surface area contributed by atoms with Crippen LogP contribution >= 0.6 is 22.9 Å². The Bertz CT molecular complexity index is 2070. The Kier molecular flexibility index (Phi) is 7.81. The molecule has 7 nitrogen and oxygen atoms in total. The van der Waals surface area contributed by atoms with E-state index in [1.807, 2.05) is 85.7 Å². The smallest absolute Gasteiger partial charge is 0.338 e. The molecule has 0 bridgehead atoms. The number of carbonyl (C=O) groups excluding carboxylic acids is 1. The number of para-hydroxylation sites is 1. The molecule has 43 heavy (non-hydrogen) atoms. The van der Waals surface area contributed by atoms with Gasteiger partial charge in [0.1, 0.15) is 0 Å². The Morgan fingerprint density at radius 2 is 1.79 bits per heavy atom. The van der Waals surface area contributed by atoms with Crippen molar-refractivity contribution < 1.29 is 9.53 Å². The number of hydrogen-bond donors (Lipinski definition) is 0. The Morgan fingerprint density at radius 1 is 1.07 bits per heavy atom. The Morgan fingerprint density at radius 3 is 2.51 bits per heavy atom. The summed E-state index contributed by atoms with van der Waals surface area (Å²) in [5, 5.41) is 1.74. The van der Waals surface area contributed by atoms with E-state index in [1.165, 1.54) is 11.3 Å². The molecule has 0 saturated carbocycles. The number of carbonyl (C=O) groups is 1. The topological polar surface area (TPSA) is 68.8 Å². The van der Waals surface area contributed by atoms with Gasteiger partial charge in [0.15, 0.2) is 4.80 Å². The van der Waals surface area contributed by atoms with Crippen molar-refractivity contribution in [1.29, 1.82) is 0 Å². The first kappa shape index (κ1) is 28.7. The summed E-state index contributed by atoms with van der Waals surface area (Å²) >= 11 is 7.80. The quantitative estimate of drug-likeness (QED) is 0.228. The summed E-state index contributed by atoms with van der Waals surface area (Å²) in [5.41, 5.74) is 5.51. The van der Waals surface area contributed by atoms with E-state index in [-0.39, 0.29) is 12.2 Å². The molecule has 0 fully saturated rings. The molecule has 6 rings (SSSR count). The second kappa shape index (κ2) is 11.7. The predicted molar refractivity (Wildman–Crippen MR) is 174 cm³/mol. The van der Waals surface area contributed by atoms with Crippen LogP contribution < -0.4 is 19.8 Å². The summed E-state index contributed by atoms with van der Waals surface area (Å²) in [6.45, 7) is 4.39. The highest BCUT2D eigenvalue weighted by Gasteiger charge is 2.33. The minimum Gasteiger partial charge on any atom is -0.463 e. The molecular weight excluding hydrogens is 580 g/mol. The van der Waals surface area contributed by atoms with E-state index < -0.39 is 12.0 Å². The summed E-state index contributed by atoms with van der Waals surface area (Å²) in [4.78, 5) is 34.7. The molecule has 0 N–H and O–H groups in total. The van der Waals surface area contributed by atoms with Gasteiger partial charge in [0, 0.05) is 54.0 Å². The van der Waals surface area contributed by atoms with Gasteiger partial charge in [-0.2, -0.15) is 0 Å². The van der Waals surface area contributed by atoms with Crippen LogP contribution in [0.4, 0.5) is 5.69 Å². The van der Waals surface area contributed by atoms with Gasteiger partial charge < -0.3 is 14.2 Å². The van der Waals surface area contributed by atoms with E-state index in [0.717, 1.165) is 33.3 Å². The summed E-state index contributed by atoms with van der Waals surface area (Å²) in [5.74, 6) is -0.470. The van der Waals surface area contributed by atoms with Gasteiger partial charge >= 0.3 is 5.97 Å². The molecule has 0 radical (unpaired) electrons. The first-order valence-electron chi connectivity index (χ1n) is 14.0. The van der Waals surface area contributed by atoms with Gasteiger partial charge in [0.2, 0.25) is 0 Å². The lowest BCUT2D eigenvalue weighted by Crippen LogP contribution is -2.39. The van der Waals surface area contributed by atoms with Crippen LogP contribution in [-0.4, -0.2) is 35.8 Å². The fourth-order valence-corrected chi connectivity index (χ4v) is 6.77. The van der Waals surface area contributed by atoms with Crippen LogP contribution in [0.1, 0.15) is 36.6 Å². The molecule has 0 spiro atoms. The number of aromatic nitrogens is 2. The van der Waals surface area contributed by atoms with Gasteiger partial charge in [-0.3, -0.25) is 9.36 Å². The van der Waals surface area contributed by atoms with E-state index in [0.29, 0.717) is 32.2 Å². The third kappa shape index (κ3) is 5.32. The standard InChI is InChI=1S/C34H31ClN4O3S/c1-5-42-33(41)30-21(2)36-34-39(31(30)22-14-16-25(17-15-22)37(3)4)32(40)29(43-34)18-24-20-38(28-13-9-7-11-26(24)28)19-23-10-6-8-12-27(23)35/h6-18,20,31H,5,19H2,1-4H3/b29-18+. The van der Waals surface area contributed by atoms with Crippen LogP contribution in [0.2, 0.25) is 5.02 Å². The number of rotatable bonds is 7. The molecule has 3 heterocycles. The second-order valence-corrected chi connectivity index (χ2v) is 12.0. The molecule has 1 atom stereocenters. The number of fused-ring (bicyclic) bond motifs is 2. The molecule has 218 valence electrons. The van der Waals surface area contributed by atoms with Crippen molar-refractivity contribution >= 4 is 51.6 Å². The molecule has 1 unspecified atom stereocenters. The van der Waals surface area contributed by atoms with Crippen LogP contribution in [0.15, 0.2) is 100 Å². The van der Waals surface area contributed by atoms with Crippen molar-refractivity contribution in [2.75, 3.05) is 25.6 Å². The third-order valence-electron chi connectivity index (χ3n) is 7.65. The average Bonchev–Trinajstić information content (AvgIpc) is 3.50. The molecule has 2 aromatic heterocycles. The van der Waals surface area contributed by atoms with E-state index in [1.54, 1.807) is 18.4 Å². The number of ether oxygens (including phenoxy) is 1. The van der Waals surface area contributed by atoms with Crippen molar-refractivity contribution in [3.63, 3.8) is 0 Å². The van der Waals surface area contributed by atoms with E-state index in [4.69, 9.17) is 21.3 Å². The van der Waals surface area contributed by atoms with Crippen molar-refractivity contribution in [1.82, 2.24) is 9.13 Å². The summed E-state index contributed by atoms with van der Waals surface area (Å²) < 4.78 is 9.75. The number of allylic oxidation sites excluding steroid dienone is 1. The van der Waals surface area contributed by atoms with Crippen LogP contribution in [0.5, 0.6) is 0 Å². The number of anilines is 1. The maximum atomic E-state index is 14.2. The molecule has 3 aromatic carbocycles. The average molecular weight is 611 g/mol. The molecule has 1 aliphatic rings. The molecule has 5 aromatic rings. The van der Waals surface area contributed by atoms with Gasteiger partial charge in [0.05, 0.1) is 28.5 Å². The van der Waals surface area contributed by atoms with Gasteiger partial charge in [-0.15, -0.1) is 0 Å². The van der Waals surface area contributed by atoms with E-state index in [2.05, 4.69) is 22.9 Å². The number of nitrogens with zero attached hydrogens (tertiary/aromatic N) is 4. The highest BCUT2D eigenvalue weighted by Crippen LogP contribution is 2.32. The molecule has 0 aliphatic carbocycles. The molecule has 0 amide bonds. The predicted octanol–water partition coefficient (Wildman–Crippen LogP) is 5.52. The normalized spacial score (nSPS) is 15.0. The van der Waals surface area contributed by atoms with Crippen LogP contribution in [0.25, 0.3) is 17.0 Å². The zero-order valence-corrected chi connectivity index (χ0v) is 25.9. The number of esters is 1. The SMILES string of the molecule is CCOC(=O)C1=C(C)N=c2s/c(=C/c3cn(Cc4ccccc4Cl)c4ccccc34)c(=O)n2C1c1ccc(N(C)C)cc1. The Hall–Kier alpha value is -4.40. The first-order chi connectivity index (χ1) is 20.8. The van der Waals surface area contributed by atoms with Crippen LogP contribution in [-0.2, 0) is 16.1 Å². The zero-order chi connectivity index (χ0) is 30.2. The lowest BCUT2D eigenvalue weighted by molar-refractivity contribution is -0.139. The maximum Gasteiger partial charge on any atom is 0.338 e. The molecule has 0 saturated heterocycles. The number of benzene rings is 3. The monoisotopic (exact) mass is 610 g/mol. The lowest BCUT2D eigenvalue weighted by atomic mass is 9.95. The number of halogens is 1. The maximum absolute atomic E-state index is 14.2. The van der Waals surface area contributed by atoms with Gasteiger partial charge in [-0.25, -0.2) is 9.79 Å². The fraction of sp³-hybridized carbons (Fsp3) is 0.206. The largest absolute Gasteiger partial charge is 0.463 e. The molecule has 1 aliphatic heterocycles. The fourth-order valence-electron chi connectivity index (χ4n) is 5.53. The highest BCUT2D eigenvalue weighted by atomic mass is 35.5. The summed E-state index contributed by atoms with van der Waals surface area (Å²) in [6, 6.07) is 23.1. The van der Waals surface area contributed by atoms with Crippen molar-refractivity contribution in [3.8, 4) is 0 Å². The highest BCUT2D eigenvalue weighted by molar-refractivity contribution is 7.07. The van der Waals surface area contributed by atoms with Gasteiger partial charge in [-0.05, 0) is 55.3 Å². The molecule has 9 heteroatoms. The second-order valence-electron chi connectivity index (χ2n) is 10.6. The third-order valence-corrected chi connectivity index (χ3v) is 9.00. The zero-order valence-electron chi connectivity index (χ0n) is 24.4.